The van der Waals surface area contributed by atoms with Crippen molar-refractivity contribution in [2.75, 3.05) is 46.6 Å². The molecular weight excluding hydrogens is 334 g/mol. The third-order valence-electron chi connectivity index (χ3n) is 5.27. The zero-order valence-electron chi connectivity index (χ0n) is 15.6. The minimum atomic E-state index is -0.445. The van der Waals surface area contributed by atoms with Crippen LogP contribution >= 0.6 is 0 Å². The zero-order valence-corrected chi connectivity index (χ0v) is 15.6. The van der Waals surface area contributed by atoms with E-state index in [-0.39, 0.29) is 11.8 Å². The van der Waals surface area contributed by atoms with Crippen molar-refractivity contribution in [2.45, 2.75) is 31.7 Å². The molecule has 1 aromatic heterocycles. The topological polar surface area (TPSA) is 72.0 Å². The average molecular weight is 361 g/mol. The molecule has 3 rings (SSSR count). The Morgan fingerprint density at radius 2 is 2.31 bits per heavy atom. The molecule has 1 atom stereocenters. The molecule has 2 aliphatic rings. The smallest absolute Gasteiger partial charge is 0.272 e. The number of aromatic nitrogens is 1. The number of hydrogen-bond donors (Lipinski definition) is 0. The number of pyridine rings is 1. The van der Waals surface area contributed by atoms with Crippen molar-refractivity contribution in [3.63, 3.8) is 0 Å². The van der Waals surface area contributed by atoms with Gasteiger partial charge in [-0.15, -0.1) is 0 Å². The van der Waals surface area contributed by atoms with Gasteiger partial charge in [-0.2, -0.15) is 0 Å². The average Bonchev–Trinajstić information content (AvgIpc) is 3.06. The van der Waals surface area contributed by atoms with E-state index in [1.165, 1.54) is 0 Å². The van der Waals surface area contributed by atoms with Gasteiger partial charge in [-0.05, 0) is 31.4 Å². The van der Waals surface area contributed by atoms with Gasteiger partial charge in [0.25, 0.3) is 5.91 Å². The third kappa shape index (κ3) is 3.73. The maximum atomic E-state index is 13.1. The summed E-state index contributed by atoms with van der Waals surface area (Å²) >= 11 is 0. The van der Waals surface area contributed by atoms with Crippen LogP contribution in [0.3, 0.4) is 0 Å². The molecule has 0 bridgehead atoms. The van der Waals surface area contributed by atoms with Crippen LogP contribution in [0.25, 0.3) is 0 Å². The summed E-state index contributed by atoms with van der Waals surface area (Å²) in [4.78, 5) is 33.8. The second-order valence-electron chi connectivity index (χ2n) is 7.06. The number of aryl methyl sites for hydroxylation is 1. The van der Waals surface area contributed by atoms with Gasteiger partial charge in [0.2, 0.25) is 5.91 Å². The lowest BCUT2D eigenvalue weighted by molar-refractivity contribution is -0.136. The van der Waals surface area contributed by atoms with E-state index in [0.29, 0.717) is 51.6 Å². The van der Waals surface area contributed by atoms with E-state index < -0.39 is 5.54 Å². The fourth-order valence-corrected chi connectivity index (χ4v) is 3.85. The van der Waals surface area contributed by atoms with Gasteiger partial charge in [-0.3, -0.25) is 14.6 Å². The quantitative estimate of drug-likeness (QED) is 0.739. The van der Waals surface area contributed by atoms with Crippen molar-refractivity contribution >= 4 is 11.8 Å². The Bertz CT molecular complexity index is 658. The molecule has 142 valence electrons. The SMILES string of the molecule is COCCCN1C(=O)CCN(C(=O)c2ncccc2C)CC12CCOC2. The lowest BCUT2D eigenvalue weighted by Gasteiger charge is -2.40. The van der Waals surface area contributed by atoms with Gasteiger partial charge in [-0.1, -0.05) is 6.07 Å². The Morgan fingerprint density at radius 1 is 1.46 bits per heavy atom. The molecule has 0 radical (unpaired) electrons. The molecule has 2 saturated heterocycles. The van der Waals surface area contributed by atoms with Gasteiger partial charge < -0.3 is 19.3 Å². The highest BCUT2D eigenvalue weighted by Crippen LogP contribution is 2.31. The van der Waals surface area contributed by atoms with Gasteiger partial charge in [0.1, 0.15) is 5.69 Å². The van der Waals surface area contributed by atoms with E-state index in [2.05, 4.69) is 4.98 Å². The number of rotatable bonds is 5. The highest BCUT2D eigenvalue weighted by Gasteiger charge is 2.47. The van der Waals surface area contributed by atoms with Crippen LogP contribution in [-0.4, -0.2) is 78.7 Å². The Labute approximate surface area is 154 Å². The molecule has 1 spiro atoms. The summed E-state index contributed by atoms with van der Waals surface area (Å²) in [5.41, 5.74) is 0.864. The van der Waals surface area contributed by atoms with Crippen LogP contribution < -0.4 is 0 Å². The van der Waals surface area contributed by atoms with Crippen LogP contribution in [0.15, 0.2) is 18.3 Å². The van der Waals surface area contributed by atoms with Crippen LogP contribution in [0.5, 0.6) is 0 Å². The van der Waals surface area contributed by atoms with Crippen LogP contribution in [0, 0.1) is 6.92 Å². The first-order valence-electron chi connectivity index (χ1n) is 9.15. The van der Waals surface area contributed by atoms with E-state index in [9.17, 15) is 9.59 Å². The van der Waals surface area contributed by atoms with Crippen molar-refractivity contribution in [3.05, 3.63) is 29.6 Å². The molecule has 7 nitrogen and oxygen atoms in total. The van der Waals surface area contributed by atoms with E-state index in [1.807, 2.05) is 24.0 Å². The van der Waals surface area contributed by atoms with Crippen molar-refractivity contribution < 1.29 is 19.1 Å². The van der Waals surface area contributed by atoms with Crippen molar-refractivity contribution in [1.82, 2.24) is 14.8 Å². The van der Waals surface area contributed by atoms with Crippen LogP contribution in [0.4, 0.5) is 0 Å². The molecule has 3 heterocycles. The standard InChI is InChI=1S/C19H27N3O4/c1-15-5-3-8-20-17(15)18(24)21-10-6-16(23)22(9-4-11-25-2)19(13-21)7-12-26-14-19/h3,5,8H,4,6-7,9-14H2,1-2H3. The predicted octanol–water partition coefficient (Wildman–Crippen LogP) is 1.26. The summed E-state index contributed by atoms with van der Waals surface area (Å²) in [7, 11) is 1.66. The number of carbonyl (C=O) groups excluding carboxylic acids is 2. The Balaban J connectivity index is 1.84. The number of methoxy groups -OCH3 is 1. The van der Waals surface area contributed by atoms with Crippen molar-refractivity contribution in [3.8, 4) is 0 Å². The summed E-state index contributed by atoms with van der Waals surface area (Å²) < 4.78 is 10.8. The largest absolute Gasteiger partial charge is 0.385 e. The number of ether oxygens (including phenoxy) is 2. The fraction of sp³-hybridized carbons (Fsp3) is 0.632. The molecule has 7 heteroatoms. The molecule has 26 heavy (non-hydrogen) atoms. The maximum Gasteiger partial charge on any atom is 0.272 e. The normalized spacial score (nSPS) is 23.5. The first kappa shape index (κ1) is 18.8. The summed E-state index contributed by atoms with van der Waals surface area (Å²) in [6.07, 6.45) is 3.48. The molecule has 2 aliphatic heterocycles. The van der Waals surface area contributed by atoms with E-state index in [1.54, 1.807) is 18.2 Å². The first-order valence-corrected chi connectivity index (χ1v) is 9.15. The lowest BCUT2D eigenvalue weighted by Crippen LogP contribution is -2.57. The molecule has 2 fully saturated rings. The highest BCUT2D eigenvalue weighted by atomic mass is 16.5. The molecular formula is C19H27N3O4. The van der Waals surface area contributed by atoms with Gasteiger partial charge in [0, 0.05) is 52.6 Å². The van der Waals surface area contributed by atoms with Gasteiger partial charge in [0.05, 0.1) is 12.1 Å². The van der Waals surface area contributed by atoms with Crippen LogP contribution in [0.2, 0.25) is 0 Å². The van der Waals surface area contributed by atoms with E-state index in [0.717, 1.165) is 18.4 Å². The molecule has 1 unspecified atom stereocenters. The van der Waals surface area contributed by atoms with E-state index in [4.69, 9.17) is 9.47 Å². The highest BCUT2D eigenvalue weighted by molar-refractivity contribution is 5.94. The molecule has 0 aliphatic carbocycles. The van der Waals surface area contributed by atoms with E-state index >= 15 is 0 Å². The molecule has 0 saturated carbocycles. The minimum absolute atomic E-state index is 0.0830. The second kappa shape index (κ2) is 8.14. The van der Waals surface area contributed by atoms with Crippen LogP contribution in [0.1, 0.15) is 35.3 Å². The number of hydrogen-bond acceptors (Lipinski definition) is 5. The zero-order chi connectivity index (χ0) is 18.6. The Morgan fingerprint density at radius 3 is 3.00 bits per heavy atom. The number of amides is 2. The fourth-order valence-electron chi connectivity index (χ4n) is 3.85. The third-order valence-corrected chi connectivity index (χ3v) is 5.27. The summed E-state index contributed by atoms with van der Waals surface area (Å²) in [5, 5.41) is 0. The number of carbonyl (C=O) groups is 2. The maximum absolute atomic E-state index is 13.1. The minimum Gasteiger partial charge on any atom is -0.385 e. The lowest BCUT2D eigenvalue weighted by atomic mass is 9.95. The summed E-state index contributed by atoms with van der Waals surface area (Å²) in [6, 6.07) is 3.70. The second-order valence-corrected chi connectivity index (χ2v) is 7.06. The predicted molar refractivity (Wildman–Crippen MR) is 95.9 cm³/mol. The van der Waals surface area contributed by atoms with Gasteiger partial charge >= 0.3 is 0 Å². The summed E-state index contributed by atoms with van der Waals surface area (Å²) in [6.45, 7) is 5.10. The molecule has 0 N–H and O–H groups in total. The van der Waals surface area contributed by atoms with Gasteiger partial charge in [0.15, 0.2) is 0 Å². The van der Waals surface area contributed by atoms with Crippen molar-refractivity contribution in [1.29, 1.82) is 0 Å². The Hall–Kier alpha value is -1.99. The van der Waals surface area contributed by atoms with Crippen molar-refractivity contribution in [2.24, 2.45) is 0 Å². The first-order chi connectivity index (χ1) is 12.6. The number of nitrogens with zero attached hydrogens (tertiary/aromatic N) is 3. The van der Waals surface area contributed by atoms with Gasteiger partial charge in [-0.25, -0.2) is 0 Å². The molecule has 1 aromatic rings. The monoisotopic (exact) mass is 361 g/mol. The van der Waals surface area contributed by atoms with Crippen LogP contribution in [-0.2, 0) is 14.3 Å². The summed E-state index contributed by atoms with van der Waals surface area (Å²) in [5.74, 6) is -0.0273. The Kier molecular flexibility index (Phi) is 5.88. The molecule has 2 amide bonds. The molecule has 0 aromatic carbocycles.